The molecule has 0 aromatic carbocycles. The van der Waals surface area contributed by atoms with Gasteiger partial charge in [0.1, 0.15) is 19.8 Å². The Balaban J connectivity index is 4.30. The van der Waals surface area contributed by atoms with Gasteiger partial charge in [-0.15, -0.1) is 0 Å². The third kappa shape index (κ3) is 38.5. The molecule has 1 N–H and O–H groups in total. The smallest absolute Gasteiger partial charge is 0.462 e. The predicted molar refractivity (Wildman–Crippen MR) is 211 cm³/mol. The maximum Gasteiger partial charge on any atom is 0.472 e. The summed E-state index contributed by atoms with van der Waals surface area (Å²) in [6, 6.07) is 0. The van der Waals surface area contributed by atoms with Crippen molar-refractivity contribution in [1.29, 1.82) is 0 Å². The van der Waals surface area contributed by atoms with Gasteiger partial charge in [-0.3, -0.25) is 18.6 Å². The lowest BCUT2D eigenvalue weighted by atomic mass is 10.0. The second-order valence-corrected chi connectivity index (χ2v) is 17.2. The first kappa shape index (κ1) is 50.0. The number of carbonyl (C=O) groups is 2. The molecule has 0 rings (SSSR count). The highest BCUT2D eigenvalue weighted by Gasteiger charge is 2.27. The Kier molecular flexibility index (Phi) is 34.1. The summed E-state index contributed by atoms with van der Waals surface area (Å²) >= 11 is 0. The van der Waals surface area contributed by atoms with Crippen molar-refractivity contribution in [3.05, 3.63) is 0 Å². The number of quaternary nitrogens is 1. The molecule has 51 heavy (non-hydrogen) atoms. The predicted octanol–water partition coefficient (Wildman–Crippen LogP) is 11.6. The molecule has 0 fully saturated rings. The molecule has 0 aliphatic rings. The Bertz CT molecular complexity index is 850. The molecule has 304 valence electrons. The second kappa shape index (κ2) is 34.8. The molecule has 1 unspecified atom stereocenters. The van der Waals surface area contributed by atoms with E-state index in [9.17, 15) is 19.0 Å². The number of unbranched alkanes of at least 4 members (excludes halogenated alkanes) is 25. The van der Waals surface area contributed by atoms with Crippen LogP contribution in [0.25, 0.3) is 0 Å². The lowest BCUT2D eigenvalue weighted by molar-refractivity contribution is -0.870. The quantitative estimate of drug-likeness (QED) is 0.0286. The summed E-state index contributed by atoms with van der Waals surface area (Å²) in [5.74, 6) is -0.788. The third-order valence-electron chi connectivity index (χ3n) is 9.39. The molecule has 0 aliphatic carbocycles. The number of esters is 2. The van der Waals surface area contributed by atoms with Crippen molar-refractivity contribution in [1.82, 2.24) is 0 Å². The van der Waals surface area contributed by atoms with Gasteiger partial charge in [-0.2, -0.15) is 0 Å². The van der Waals surface area contributed by atoms with Gasteiger partial charge in [0.25, 0.3) is 0 Å². The molecule has 0 saturated carbocycles. The Morgan fingerprint density at radius 1 is 0.529 bits per heavy atom. The molecule has 0 spiro atoms. The standard InChI is InChI=1S/C41H82NO8P/c1-6-8-10-12-14-16-18-19-20-21-22-23-24-26-28-30-32-34-41(44)50-39(38-49-51(45,46)48-36-35-42(3,4)5)37-47-40(43)33-31-29-27-25-17-15-13-11-9-7-2/h39H,6-38H2,1-5H3/p+1/t39-/m1/s1. The van der Waals surface area contributed by atoms with Gasteiger partial charge in [-0.05, 0) is 12.8 Å². The van der Waals surface area contributed by atoms with E-state index in [1.165, 1.54) is 135 Å². The minimum atomic E-state index is -4.36. The van der Waals surface area contributed by atoms with Crippen LogP contribution in [0.1, 0.15) is 200 Å². The summed E-state index contributed by atoms with van der Waals surface area (Å²) in [5.41, 5.74) is 0. The van der Waals surface area contributed by atoms with Crippen molar-refractivity contribution in [2.45, 2.75) is 206 Å². The molecule has 2 atom stereocenters. The highest BCUT2D eigenvalue weighted by Crippen LogP contribution is 2.43. The summed E-state index contributed by atoms with van der Waals surface area (Å²) in [4.78, 5) is 35.2. The van der Waals surface area contributed by atoms with Gasteiger partial charge in [-0.1, -0.05) is 174 Å². The van der Waals surface area contributed by atoms with Crippen LogP contribution in [0.5, 0.6) is 0 Å². The molecule has 0 radical (unpaired) electrons. The molecular weight excluding hydrogens is 665 g/mol. The Morgan fingerprint density at radius 3 is 1.25 bits per heavy atom. The van der Waals surface area contributed by atoms with Crippen molar-refractivity contribution >= 4 is 19.8 Å². The highest BCUT2D eigenvalue weighted by molar-refractivity contribution is 7.47. The van der Waals surface area contributed by atoms with Crippen LogP contribution in [0.2, 0.25) is 0 Å². The van der Waals surface area contributed by atoms with Crippen molar-refractivity contribution in [2.75, 3.05) is 47.5 Å². The van der Waals surface area contributed by atoms with Gasteiger partial charge < -0.3 is 18.9 Å². The first-order valence-corrected chi connectivity index (χ1v) is 22.8. The van der Waals surface area contributed by atoms with Crippen LogP contribution in [0, 0.1) is 0 Å². The lowest BCUT2D eigenvalue weighted by Crippen LogP contribution is -2.37. The van der Waals surface area contributed by atoms with E-state index in [1.54, 1.807) is 0 Å². The number of phosphoric acid groups is 1. The Morgan fingerprint density at radius 2 is 0.882 bits per heavy atom. The molecule has 0 heterocycles. The van der Waals surface area contributed by atoms with Crippen molar-refractivity contribution < 1.29 is 42.1 Å². The van der Waals surface area contributed by atoms with Crippen molar-refractivity contribution in [3.8, 4) is 0 Å². The highest BCUT2D eigenvalue weighted by atomic mass is 31.2. The van der Waals surface area contributed by atoms with Crippen LogP contribution >= 0.6 is 7.82 Å². The summed E-state index contributed by atoms with van der Waals surface area (Å²) < 4.78 is 34.2. The zero-order valence-electron chi connectivity index (χ0n) is 34.1. The third-order valence-corrected chi connectivity index (χ3v) is 10.4. The summed E-state index contributed by atoms with van der Waals surface area (Å²) in [6.07, 6.45) is 32.9. The van der Waals surface area contributed by atoms with Crippen LogP contribution < -0.4 is 0 Å². The molecule has 9 nitrogen and oxygen atoms in total. The zero-order valence-corrected chi connectivity index (χ0v) is 35.0. The van der Waals surface area contributed by atoms with E-state index >= 15 is 0 Å². The molecule has 0 saturated heterocycles. The topological polar surface area (TPSA) is 108 Å². The first-order valence-electron chi connectivity index (χ1n) is 21.3. The van der Waals surface area contributed by atoms with Crippen LogP contribution in [0.4, 0.5) is 0 Å². The fraction of sp³-hybridized carbons (Fsp3) is 0.951. The monoisotopic (exact) mass is 749 g/mol. The zero-order chi connectivity index (χ0) is 37.9. The number of carbonyl (C=O) groups excluding carboxylic acids is 2. The average molecular weight is 749 g/mol. The van der Waals surface area contributed by atoms with Crippen molar-refractivity contribution in [2.24, 2.45) is 0 Å². The SMILES string of the molecule is CCCCCCCCCCCCCCCCCCCC(=O)O[C@H](COC(=O)CCCCCCCCCCCC)COP(=O)(O)OCC[N+](C)(C)C. The van der Waals surface area contributed by atoms with Crippen molar-refractivity contribution in [3.63, 3.8) is 0 Å². The van der Waals surface area contributed by atoms with E-state index in [0.717, 1.165) is 38.5 Å². The van der Waals surface area contributed by atoms with Crippen LogP contribution in [-0.2, 0) is 32.7 Å². The molecule has 0 aromatic heterocycles. The maximum absolute atomic E-state index is 12.7. The van der Waals surface area contributed by atoms with Gasteiger partial charge >= 0.3 is 19.8 Å². The molecule has 0 bridgehead atoms. The van der Waals surface area contributed by atoms with E-state index < -0.39 is 26.5 Å². The number of rotatable bonds is 39. The van der Waals surface area contributed by atoms with Gasteiger partial charge in [0.2, 0.25) is 0 Å². The van der Waals surface area contributed by atoms with Crippen LogP contribution in [0.3, 0.4) is 0 Å². The normalized spacial score (nSPS) is 13.6. The minimum Gasteiger partial charge on any atom is -0.462 e. The largest absolute Gasteiger partial charge is 0.472 e. The van der Waals surface area contributed by atoms with Gasteiger partial charge in [-0.25, -0.2) is 4.57 Å². The number of hydrogen-bond donors (Lipinski definition) is 1. The van der Waals surface area contributed by atoms with E-state index in [1.807, 2.05) is 21.1 Å². The summed E-state index contributed by atoms with van der Waals surface area (Å²) in [7, 11) is 1.49. The van der Waals surface area contributed by atoms with Crippen LogP contribution in [0.15, 0.2) is 0 Å². The second-order valence-electron chi connectivity index (χ2n) is 15.7. The number of phosphoric ester groups is 1. The number of hydrogen-bond acceptors (Lipinski definition) is 7. The molecule has 10 heteroatoms. The Hall–Kier alpha value is -0.990. The fourth-order valence-electron chi connectivity index (χ4n) is 6.01. The first-order chi connectivity index (χ1) is 24.5. The number of nitrogens with zero attached hydrogens (tertiary/aromatic N) is 1. The molecule has 0 amide bonds. The minimum absolute atomic E-state index is 0.0366. The fourth-order valence-corrected chi connectivity index (χ4v) is 6.76. The Labute approximate surface area is 314 Å². The molecular formula is C41H83NO8P+. The average Bonchev–Trinajstić information content (AvgIpc) is 3.07. The van der Waals surface area contributed by atoms with E-state index in [0.29, 0.717) is 17.4 Å². The van der Waals surface area contributed by atoms with E-state index in [-0.39, 0.29) is 25.6 Å². The number of ether oxygens (including phenoxy) is 2. The van der Waals surface area contributed by atoms with Gasteiger partial charge in [0, 0.05) is 12.8 Å². The van der Waals surface area contributed by atoms with Crippen LogP contribution in [-0.4, -0.2) is 74.9 Å². The van der Waals surface area contributed by atoms with Gasteiger partial charge in [0.15, 0.2) is 6.10 Å². The maximum atomic E-state index is 12.7. The van der Waals surface area contributed by atoms with E-state index in [4.69, 9.17) is 18.5 Å². The summed E-state index contributed by atoms with van der Waals surface area (Å²) in [5, 5.41) is 0. The number of likely N-dealkylation sites (N-methyl/N-ethyl adjacent to an activating group) is 1. The molecule has 0 aliphatic heterocycles. The lowest BCUT2D eigenvalue weighted by Gasteiger charge is -2.24. The molecule has 0 aromatic rings. The van der Waals surface area contributed by atoms with E-state index in [2.05, 4.69) is 13.8 Å². The van der Waals surface area contributed by atoms with Gasteiger partial charge in [0.05, 0.1) is 27.7 Å². The summed E-state index contributed by atoms with van der Waals surface area (Å²) in [6.45, 7) is 4.43.